The normalized spacial score (nSPS) is 11.2. The summed E-state index contributed by atoms with van der Waals surface area (Å²) in [4.78, 5) is 23.4. The number of non-ortho nitro benzene ring substituents is 1. The number of aryl methyl sites for hydroxylation is 1. The summed E-state index contributed by atoms with van der Waals surface area (Å²) in [6.07, 6.45) is 3.41. The molecule has 0 aliphatic carbocycles. The van der Waals surface area contributed by atoms with Gasteiger partial charge in [-0.25, -0.2) is 0 Å². The maximum atomic E-state index is 12.7. The second-order valence-electron chi connectivity index (χ2n) is 7.65. The number of rotatable bonds is 6. The van der Waals surface area contributed by atoms with E-state index in [1.54, 1.807) is 24.3 Å². The van der Waals surface area contributed by atoms with Crippen LogP contribution in [0.25, 0.3) is 17.0 Å². The zero-order valence-corrected chi connectivity index (χ0v) is 17.9. The van der Waals surface area contributed by atoms with Gasteiger partial charge in [-0.1, -0.05) is 42.5 Å². The van der Waals surface area contributed by atoms with Crippen LogP contribution in [0.1, 0.15) is 16.7 Å². The minimum absolute atomic E-state index is 0.0187. The zero-order chi connectivity index (χ0) is 23.4. The van der Waals surface area contributed by atoms with E-state index >= 15 is 0 Å². The van der Waals surface area contributed by atoms with Crippen molar-refractivity contribution in [3.8, 4) is 6.07 Å². The van der Waals surface area contributed by atoms with E-state index in [1.807, 2.05) is 72.3 Å². The first kappa shape index (κ1) is 21.5. The van der Waals surface area contributed by atoms with Gasteiger partial charge in [0.25, 0.3) is 11.6 Å². The Morgan fingerprint density at radius 2 is 1.91 bits per heavy atom. The number of benzene rings is 3. The van der Waals surface area contributed by atoms with Gasteiger partial charge in [0.1, 0.15) is 11.6 Å². The number of fused-ring (bicyclic) bond motifs is 1. The van der Waals surface area contributed by atoms with Gasteiger partial charge in [0.15, 0.2) is 0 Å². The number of nitro benzene ring substituents is 1. The lowest BCUT2D eigenvalue weighted by atomic mass is 10.1. The third-order valence-corrected chi connectivity index (χ3v) is 5.23. The number of aromatic nitrogens is 1. The van der Waals surface area contributed by atoms with Gasteiger partial charge in [-0.3, -0.25) is 14.9 Å². The molecule has 0 unspecified atom stereocenters. The van der Waals surface area contributed by atoms with Crippen molar-refractivity contribution in [2.45, 2.75) is 13.5 Å². The fourth-order valence-corrected chi connectivity index (χ4v) is 3.71. The summed E-state index contributed by atoms with van der Waals surface area (Å²) in [5.74, 6) is -0.487. The van der Waals surface area contributed by atoms with Crippen LogP contribution < -0.4 is 5.32 Å². The van der Waals surface area contributed by atoms with Crippen molar-refractivity contribution in [2.24, 2.45) is 0 Å². The maximum absolute atomic E-state index is 12.7. The van der Waals surface area contributed by atoms with Gasteiger partial charge in [-0.15, -0.1) is 0 Å². The van der Waals surface area contributed by atoms with Gasteiger partial charge < -0.3 is 9.88 Å². The SMILES string of the molecule is Cc1cccc(NC(=O)/C(C#N)=C\c2cn(Cc3cccc([N+](=O)[O-])c3)c3ccccc23)c1. The first-order valence-electron chi connectivity index (χ1n) is 10.3. The number of hydrogen-bond acceptors (Lipinski definition) is 4. The van der Waals surface area contributed by atoms with E-state index in [1.165, 1.54) is 6.07 Å². The highest BCUT2D eigenvalue weighted by molar-refractivity contribution is 6.10. The van der Waals surface area contributed by atoms with Gasteiger partial charge >= 0.3 is 0 Å². The first-order chi connectivity index (χ1) is 15.9. The number of nitrogens with zero attached hydrogens (tertiary/aromatic N) is 3. The molecule has 0 bridgehead atoms. The second-order valence-corrected chi connectivity index (χ2v) is 7.65. The predicted octanol–water partition coefficient (Wildman–Crippen LogP) is 5.45. The number of nitro groups is 1. The number of carbonyl (C=O) groups is 1. The average Bonchev–Trinajstić information content (AvgIpc) is 3.14. The van der Waals surface area contributed by atoms with E-state index in [-0.39, 0.29) is 11.3 Å². The molecule has 0 saturated carbocycles. The molecule has 0 radical (unpaired) electrons. The first-order valence-corrected chi connectivity index (χ1v) is 10.3. The molecule has 1 amide bonds. The van der Waals surface area contributed by atoms with Crippen LogP contribution in [-0.4, -0.2) is 15.4 Å². The van der Waals surface area contributed by atoms with Crippen molar-refractivity contribution in [1.82, 2.24) is 4.57 Å². The Morgan fingerprint density at radius 3 is 2.67 bits per heavy atom. The van der Waals surface area contributed by atoms with Crippen molar-refractivity contribution in [3.05, 3.63) is 111 Å². The molecule has 33 heavy (non-hydrogen) atoms. The van der Waals surface area contributed by atoms with Crippen LogP contribution in [0.5, 0.6) is 0 Å². The third-order valence-electron chi connectivity index (χ3n) is 5.23. The van der Waals surface area contributed by atoms with Crippen LogP contribution in [0, 0.1) is 28.4 Å². The molecule has 3 aromatic carbocycles. The molecule has 0 spiro atoms. The molecule has 7 heteroatoms. The van der Waals surface area contributed by atoms with Crippen LogP contribution in [0.3, 0.4) is 0 Å². The topological polar surface area (TPSA) is 101 Å². The molecule has 0 fully saturated rings. The Balaban J connectivity index is 1.68. The van der Waals surface area contributed by atoms with E-state index in [0.717, 1.165) is 22.0 Å². The Kier molecular flexibility index (Phi) is 6.00. The van der Waals surface area contributed by atoms with Crippen molar-refractivity contribution in [2.75, 3.05) is 5.32 Å². The summed E-state index contributed by atoms with van der Waals surface area (Å²) in [7, 11) is 0. The summed E-state index contributed by atoms with van der Waals surface area (Å²) in [6.45, 7) is 2.33. The summed E-state index contributed by atoms with van der Waals surface area (Å²) < 4.78 is 1.95. The van der Waals surface area contributed by atoms with E-state index < -0.39 is 10.8 Å². The predicted molar refractivity (Wildman–Crippen MR) is 128 cm³/mol. The smallest absolute Gasteiger partial charge is 0.269 e. The largest absolute Gasteiger partial charge is 0.342 e. The number of nitrogens with one attached hydrogen (secondary N) is 1. The highest BCUT2D eigenvalue weighted by atomic mass is 16.6. The minimum atomic E-state index is -0.487. The molecule has 1 N–H and O–H groups in total. The van der Waals surface area contributed by atoms with Crippen molar-refractivity contribution >= 4 is 34.3 Å². The molecule has 1 heterocycles. The Labute approximate surface area is 190 Å². The summed E-state index contributed by atoms with van der Waals surface area (Å²) >= 11 is 0. The number of anilines is 1. The quantitative estimate of drug-likeness (QED) is 0.188. The maximum Gasteiger partial charge on any atom is 0.269 e. The number of carbonyl (C=O) groups excluding carboxylic acids is 1. The van der Waals surface area contributed by atoms with Crippen molar-refractivity contribution in [1.29, 1.82) is 5.26 Å². The molecular formula is C26H20N4O3. The van der Waals surface area contributed by atoms with E-state index in [4.69, 9.17) is 0 Å². The fraction of sp³-hybridized carbons (Fsp3) is 0.0769. The summed E-state index contributed by atoms with van der Waals surface area (Å²) in [5.41, 5.74) is 4.02. The van der Waals surface area contributed by atoms with Crippen LogP contribution in [0.2, 0.25) is 0 Å². The number of amides is 1. The van der Waals surface area contributed by atoms with E-state index in [9.17, 15) is 20.2 Å². The van der Waals surface area contributed by atoms with Crippen LogP contribution in [-0.2, 0) is 11.3 Å². The zero-order valence-electron chi connectivity index (χ0n) is 17.9. The van der Waals surface area contributed by atoms with E-state index in [2.05, 4.69) is 5.32 Å². The molecule has 1 aromatic heterocycles. The molecule has 4 aromatic rings. The minimum Gasteiger partial charge on any atom is -0.342 e. The van der Waals surface area contributed by atoms with Crippen LogP contribution in [0.15, 0.2) is 84.6 Å². The van der Waals surface area contributed by atoms with Crippen molar-refractivity contribution in [3.63, 3.8) is 0 Å². The molecule has 7 nitrogen and oxygen atoms in total. The highest BCUT2D eigenvalue weighted by Crippen LogP contribution is 2.25. The molecule has 0 aliphatic rings. The number of nitriles is 1. The highest BCUT2D eigenvalue weighted by Gasteiger charge is 2.14. The Morgan fingerprint density at radius 1 is 1.12 bits per heavy atom. The summed E-state index contributed by atoms with van der Waals surface area (Å²) in [6, 6.07) is 23.5. The second kappa shape index (κ2) is 9.20. The summed E-state index contributed by atoms with van der Waals surface area (Å²) in [5, 5.41) is 24.4. The Bertz CT molecular complexity index is 1440. The van der Waals surface area contributed by atoms with Gasteiger partial charge in [0, 0.05) is 47.0 Å². The molecular weight excluding hydrogens is 416 g/mol. The van der Waals surface area contributed by atoms with Crippen LogP contribution >= 0.6 is 0 Å². The average molecular weight is 436 g/mol. The molecule has 4 rings (SSSR count). The number of hydrogen-bond donors (Lipinski definition) is 1. The lowest BCUT2D eigenvalue weighted by Gasteiger charge is -2.05. The van der Waals surface area contributed by atoms with Gasteiger partial charge in [-0.05, 0) is 42.3 Å². The molecule has 0 saturated heterocycles. The lowest BCUT2D eigenvalue weighted by Crippen LogP contribution is -2.13. The molecule has 0 atom stereocenters. The fourth-order valence-electron chi connectivity index (χ4n) is 3.71. The standard InChI is InChI=1S/C26H20N4O3/c1-18-6-4-8-22(12-18)28-26(31)20(15-27)14-21-17-29(25-11-3-2-10-24(21)25)16-19-7-5-9-23(13-19)30(32)33/h2-14,17H,16H2,1H3,(H,28,31)/b20-14-. The third kappa shape index (κ3) is 4.81. The van der Waals surface area contributed by atoms with Crippen molar-refractivity contribution < 1.29 is 9.72 Å². The lowest BCUT2D eigenvalue weighted by molar-refractivity contribution is -0.384. The van der Waals surface area contributed by atoms with Gasteiger partial charge in [0.2, 0.25) is 0 Å². The van der Waals surface area contributed by atoms with Crippen LogP contribution in [0.4, 0.5) is 11.4 Å². The monoisotopic (exact) mass is 436 g/mol. The molecule has 162 valence electrons. The Hall–Kier alpha value is -4.70. The van der Waals surface area contributed by atoms with Gasteiger partial charge in [0.05, 0.1) is 4.92 Å². The molecule has 0 aliphatic heterocycles. The number of para-hydroxylation sites is 1. The van der Waals surface area contributed by atoms with Gasteiger partial charge in [-0.2, -0.15) is 5.26 Å². The van der Waals surface area contributed by atoms with E-state index in [0.29, 0.717) is 17.8 Å².